The van der Waals surface area contributed by atoms with Crippen LogP contribution in [0, 0.1) is 4.91 Å². The average Bonchev–Trinajstić information content (AvgIpc) is 2.92. The van der Waals surface area contributed by atoms with Gasteiger partial charge in [-0.3, -0.25) is 0 Å². The van der Waals surface area contributed by atoms with Gasteiger partial charge in [0.25, 0.3) is 5.82 Å². The van der Waals surface area contributed by atoms with Gasteiger partial charge in [0, 0.05) is 6.07 Å². The molecule has 2 aromatic rings. The van der Waals surface area contributed by atoms with Gasteiger partial charge in [0.05, 0.1) is 20.1 Å². The summed E-state index contributed by atoms with van der Waals surface area (Å²) in [5, 5.41) is 5.52. The minimum absolute atomic E-state index is 0.215. The summed E-state index contributed by atoms with van der Waals surface area (Å²) >= 11 is 0. The largest absolute Gasteiger partial charge is 0.464 e. The molecule has 1 heterocycles. The molecule has 9 nitrogen and oxygen atoms in total. The Kier molecular flexibility index (Phi) is 6.71. The van der Waals surface area contributed by atoms with E-state index in [1.807, 2.05) is 11.6 Å². The third kappa shape index (κ3) is 5.51. The standard InChI is InChI=1S/C19H26N4O5/c1-6-27-17(24)13(21-18(25)28-19(2,3)4)8-10-16-20-14-11-12(22-26)7-9-15(14)23(16)5/h7,9,11,13H,6,8,10H2,1-5H3,(H,21,25)/p+1/t13-/m0/s1. The number of ether oxygens (including phenoxy) is 2. The van der Waals surface area contributed by atoms with Gasteiger partial charge >= 0.3 is 12.1 Å². The Balaban J connectivity index is 2.14. The molecule has 0 unspecified atom stereocenters. The Morgan fingerprint density at radius 1 is 1.32 bits per heavy atom. The van der Waals surface area contributed by atoms with Crippen molar-refractivity contribution in [2.24, 2.45) is 12.2 Å². The number of hydrogen-bond acceptors (Lipinski definition) is 6. The van der Waals surface area contributed by atoms with Crippen LogP contribution in [0.15, 0.2) is 23.4 Å². The quantitative estimate of drug-likeness (QED) is 0.428. The van der Waals surface area contributed by atoms with E-state index in [1.54, 1.807) is 45.9 Å². The summed E-state index contributed by atoms with van der Waals surface area (Å²) in [6.45, 7) is 7.17. The van der Waals surface area contributed by atoms with Crippen molar-refractivity contribution in [3.8, 4) is 0 Å². The first-order chi connectivity index (χ1) is 13.1. The van der Waals surface area contributed by atoms with E-state index >= 15 is 0 Å². The number of rotatable bonds is 7. The number of nitrogens with one attached hydrogen (secondary N) is 2. The number of H-pyrrole nitrogens is 1. The monoisotopic (exact) mass is 391 g/mol. The topological polar surface area (TPSA) is 114 Å². The third-order valence-electron chi connectivity index (χ3n) is 4.06. The molecule has 28 heavy (non-hydrogen) atoms. The number of nitroso groups, excluding NO2 is 1. The summed E-state index contributed by atoms with van der Waals surface area (Å²) in [5.74, 6) is 0.318. The first kappa shape index (κ1) is 21.3. The van der Waals surface area contributed by atoms with Crippen LogP contribution in [-0.4, -0.2) is 35.3 Å². The van der Waals surface area contributed by atoms with Crippen LogP contribution >= 0.6 is 0 Å². The normalized spacial score (nSPS) is 12.5. The summed E-state index contributed by atoms with van der Waals surface area (Å²) in [6, 6.07) is 4.26. The molecule has 0 aliphatic heterocycles. The number of amides is 1. The number of esters is 1. The lowest BCUT2D eigenvalue weighted by Crippen LogP contribution is -2.45. The second-order valence-corrected chi connectivity index (χ2v) is 7.41. The number of aromatic amines is 1. The maximum Gasteiger partial charge on any atom is 0.408 e. The van der Waals surface area contributed by atoms with Gasteiger partial charge in [-0.15, -0.1) is 4.91 Å². The number of hydrogen-bond donors (Lipinski definition) is 2. The molecule has 2 rings (SSSR count). The minimum atomic E-state index is -0.839. The van der Waals surface area contributed by atoms with E-state index < -0.39 is 23.7 Å². The highest BCUT2D eigenvalue weighted by Crippen LogP contribution is 2.18. The smallest absolute Gasteiger partial charge is 0.408 e. The summed E-state index contributed by atoms with van der Waals surface area (Å²) in [6.07, 6.45) is 0.111. The van der Waals surface area contributed by atoms with Gasteiger partial charge in [0.15, 0.2) is 11.0 Å². The van der Waals surface area contributed by atoms with Gasteiger partial charge in [-0.05, 0) is 51.4 Å². The molecular weight excluding hydrogens is 364 g/mol. The molecule has 0 bridgehead atoms. The molecule has 9 heteroatoms. The summed E-state index contributed by atoms with van der Waals surface area (Å²) in [7, 11) is 1.88. The van der Waals surface area contributed by atoms with Crippen LogP contribution in [0.5, 0.6) is 0 Å². The molecule has 1 aromatic heterocycles. The maximum atomic E-state index is 12.2. The van der Waals surface area contributed by atoms with Crippen LogP contribution in [0.2, 0.25) is 0 Å². The number of carbonyl (C=O) groups is 2. The number of fused-ring (bicyclic) bond motifs is 1. The molecule has 0 aliphatic carbocycles. The molecule has 0 aliphatic rings. The molecule has 1 aromatic carbocycles. The Labute approximate surface area is 163 Å². The molecule has 0 fully saturated rings. The molecule has 1 atom stereocenters. The van der Waals surface area contributed by atoms with E-state index in [9.17, 15) is 14.5 Å². The lowest BCUT2D eigenvalue weighted by atomic mass is 10.1. The summed E-state index contributed by atoms with van der Waals surface area (Å²) in [4.78, 5) is 38.3. The zero-order chi connectivity index (χ0) is 20.9. The molecule has 1 amide bonds. The number of nitrogens with zero attached hydrogens (tertiary/aromatic N) is 2. The van der Waals surface area contributed by atoms with Gasteiger partial charge in [-0.1, -0.05) is 0 Å². The van der Waals surface area contributed by atoms with E-state index in [0.29, 0.717) is 18.5 Å². The Morgan fingerprint density at radius 2 is 2.04 bits per heavy atom. The second-order valence-electron chi connectivity index (χ2n) is 7.41. The van der Waals surface area contributed by atoms with Crippen LogP contribution in [0.3, 0.4) is 0 Å². The van der Waals surface area contributed by atoms with Crippen molar-refractivity contribution >= 4 is 28.8 Å². The van der Waals surface area contributed by atoms with E-state index in [1.165, 1.54) is 0 Å². The van der Waals surface area contributed by atoms with E-state index in [0.717, 1.165) is 16.9 Å². The van der Waals surface area contributed by atoms with E-state index in [2.05, 4.69) is 15.5 Å². The zero-order valence-corrected chi connectivity index (χ0v) is 16.9. The molecule has 152 valence electrons. The van der Waals surface area contributed by atoms with Gasteiger partial charge in [0.2, 0.25) is 0 Å². The third-order valence-corrected chi connectivity index (χ3v) is 4.06. The molecule has 0 radical (unpaired) electrons. The van der Waals surface area contributed by atoms with Crippen molar-refractivity contribution in [2.75, 3.05) is 6.61 Å². The van der Waals surface area contributed by atoms with Crippen molar-refractivity contribution in [1.29, 1.82) is 0 Å². The van der Waals surface area contributed by atoms with Crippen molar-refractivity contribution in [2.45, 2.75) is 52.2 Å². The Bertz CT molecular complexity index is 869. The van der Waals surface area contributed by atoms with Crippen molar-refractivity contribution < 1.29 is 23.6 Å². The van der Waals surface area contributed by atoms with Crippen LogP contribution in [0.25, 0.3) is 11.0 Å². The van der Waals surface area contributed by atoms with Crippen LogP contribution in [-0.2, 0) is 27.7 Å². The number of aromatic nitrogens is 2. The van der Waals surface area contributed by atoms with Crippen molar-refractivity contribution in [3.63, 3.8) is 0 Å². The number of aryl methyl sites for hydroxylation is 2. The first-order valence-electron chi connectivity index (χ1n) is 9.14. The van der Waals surface area contributed by atoms with Crippen LogP contribution in [0.1, 0.15) is 39.9 Å². The molecule has 0 saturated heterocycles. The fraction of sp³-hybridized carbons (Fsp3) is 0.526. The van der Waals surface area contributed by atoms with E-state index in [-0.39, 0.29) is 6.61 Å². The highest BCUT2D eigenvalue weighted by Gasteiger charge is 2.27. The summed E-state index contributed by atoms with van der Waals surface area (Å²) < 4.78 is 12.2. The zero-order valence-electron chi connectivity index (χ0n) is 16.9. The maximum absolute atomic E-state index is 12.2. The molecule has 0 saturated carbocycles. The highest BCUT2D eigenvalue weighted by molar-refractivity contribution is 5.81. The summed E-state index contributed by atoms with van der Waals surface area (Å²) in [5.41, 5.74) is 1.33. The van der Waals surface area contributed by atoms with Crippen LogP contribution < -0.4 is 9.88 Å². The van der Waals surface area contributed by atoms with Gasteiger partial charge in [-0.2, -0.15) is 0 Å². The molecule has 2 N–H and O–H groups in total. The molecule has 0 spiro atoms. The lowest BCUT2D eigenvalue weighted by molar-refractivity contribution is -0.652. The van der Waals surface area contributed by atoms with Gasteiger partial charge < -0.3 is 14.8 Å². The fourth-order valence-electron chi connectivity index (χ4n) is 2.81. The Morgan fingerprint density at radius 3 is 2.64 bits per heavy atom. The lowest BCUT2D eigenvalue weighted by Gasteiger charge is -2.22. The van der Waals surface area contributed by atoms with Gasteiger partial charge in [-0.25, -0.2) is 19.1 Å². The first-order valence-corrected chi connectivity index (χ1v) is 9.14. The molecular formula is C19H27N4O5+. The van der Waals surface area contributed by atoms with Crippen LogP contribution in [0.4, 0.5) is 10.5 Å². The fourth-order valence-corrected chi connectivity index (χ4v) is 2.81. The second kappa shape index (κ2) is 8.81. The predicted molar refractivity (Wildman–Crippen MR) is 103 cm³/mol. The van der Waals surface area contributed by atoms with Crippen molar-refractivity contribution in [3.05, 3.63) is 28.9 Å². The number of carbonyl (C=O) groups excluding carboxylic acids is 2. The SMILES string of the molecule is CCOC(=O)[C@H](CCc1[nH]c2cc(N=O)ccc2[n+]1C)NC(=O)OC(C)(C)C. The average molecular weight is 391 g/mol. The van der Waals surface area contributed by atoms with Crippen molar-refractivity contribution in [1.82, 2.24) is 10.3 Å². The number of benzene rings is 1. The minimum Gasteiger partial charge on any atom is -0.464 e. The number of imidazole rings is 1. The predicted octanol–water partition coefficient (Wildman–Crippen LogP) is 2.78. The number of alkyl carbamates (subject to hydrolysis) is 1. The highest BCUT2D eigenvalue weighted by atomic mass is 16.6. The van der Waals surface area contributed by atoms with Gasteiger partial charge in [0.1, 0.15) is 17.3 Å². The van der Waals surface area contributed by atoms with E-state index in [4.69, 9.17) is 9.47 Å². The Hall–Kier alpha value is -2.97.